The van der Waals surface area contributed by atoms with E-state index in [1.54, 1.807) is 24.3 Å². The zero-order valence-corrected chi connectivity index (χ0v) is 9.99. The van der Waals surface area contributed by atoms with E-state index in [1.807, 2.05) is 6.92 Å². The quantitative estimate of drug-likeness (QED) is 0.603. The minimum absolute atomic E-state index is 0.475. The molecule has 0 saturated heterocycles. The van der Waals surface area contributed by atoms with Gasteiger partial charge in [0.15, 0.2) is 11.6 Å². The van der Waals surface area contributed by atoms with Gasteiger partial charge in [0.2, 0.25) is 0 Å². The van der Waals surface area contributed by atoms with Crippen LogP contribution in [0, 0.1) is 30.5 Å². The van der Waals surface area contributed by atoms with Crippen LogP contribution in [0.4, 0.5) is 17.6 Å². The van der Waals surface area contributed by atoms with Gasteiger partial charge in [-0.2, -0.15) is 13.8 Å². The number of pyridine rings is 1. The zero-order valence-electron chi connectivity index (χ0n) is 9.18. The molecule has 0 atom stereocenters. The molecule has 0 amide bonds. The lowest BCUT2D eigenvalue weighted by atomic mass is 10.2. The van der Waals surface area contributed by atoms with Crippen LogP contribution in [-0.4, -0.2) is 4.98 Å². The van der Waals surface area contributed by atoms with E-state index in [4.69, 9.17) is 0 Å². The molecule has 18 heavy (non-hydrogen) atoms. The maximum absolute atomic E-state index is 13.3. The number of benzene rings is 1. The summed E-state index contributed by atoms with van der Waals surface area (Å²) in [7, 11) is 0. The first-order valence-corrected chi connectivity index (χ1v) is 5.75. The maximum atomic E-state index is 13.3. The normalized spacial score (nSPS) is 10.7. The lowest BCUT2D eigenvalue weighted by molar-refractivity contribution is 0.383. The second-order valence-electron chi connectivity index (χ2n) is 3.57. The third-order valence-electron chi connectivity index (χ3n) is 2.20. The summed E-state index contributed by atoms with van der Waals surface area (Å²) >= 11 is 0.608. The Morgan fingerprint density at radius 3 is 1.89 bits per heavy atom. The van der Waals surface area contributed by atoms with Gasteiger partial charge in [0.05, 0.1) is 4.90 Å². The van der Waals surface area contributed by atoms with E-state index in [0.29, 0.717) is 16.7 Å². The van der Waals surface area contributed by atoms with E-state index in [1.165, 1.54) is 0 Å². The SMILES string of the molecule is Cc1ccc(Sc2c(F)c(F)nc(F)c2F)cc1. The van der Waals surface area contributed by atoms with Crippen molar-refractivity contribution in [2.24, 2.45) is 0 Å². The Morgan fingerprint density at radius 2 is 1.39 bits per heavy atom. The second kappa shape index (κ2) is 4.97. The Morgan fingerprint density at radius 1 is 0.889 bits per heavy atom. The molecule has 0 fully saturated rings. The van der Waals surface area contributed by atoms with Gasteiger partial charge in [0.1, 0.15) is 0 Å². The molecule has 0 spiro atoms. The van der Waals surface area contributed by atoms with Gasteiger partial charge < -0.3 is 0 Å². The van der Waals surface area contributed by atoms with E-state index in [0.717, 1.165) is 5.56 Å². The molecule has 94 valence electrons. The number of rotatable bonds is 2. The molecule has 0 N–H and O–H groups in total. The Bertz CT molecular complexity index is 557. The highest BCUT2D eigenvalue weighted by atomic mass is 32.2. The van der Waals surface area contributed by atoms with Crippen molar-refractivity contribution in [1.29, 1.82) is 0 Å². The Hall–Kier alpha value is -1.56. The molecule has 0 aliphatic carbocycles. The average Bonchev–Trinajstić information content (AvgIpc) is 2.34. The fourth-order valence-electron chi connectivity index (χ4n) is 1.28. The van der Waals surface area contributed by atoms with Crippen LogP contribution in [0.2, 0.25) is 0 Å². The van der Waals surface area contributed by atoms with Crippen molar-refractivity contribution < 1.29 is 17.6 Å². The van der Waals surface area contributed by atoms with Crippen LogP contribution in [0.3, 0.4) is 0 Å². The first-order valence-electron chi connectivity index (χ1n) is 4.93. The van der Waals surface area contributed by atoms with Crippen LogP contribution < -0.4 is 0 Å². The molecule has 2 aromatic rings. The minimum Gasteiger partial charge on any atom is -0.201 e. The topological polar surface area (TPSA) is 12.9 Å². The molecule has 1 aromatic carbocycles. The van der Waals surface area contributed by atoms with Crippen LogP contribution in [-0.2, 0) is 0 Å². The van der Waals surface area contributed by atoms with Crippen LogP contribution in [0.25, 0.3) is 0 Å². The molecular weight excluding hydrogens is 266 g/mol. The number of aromatic nitrogens is 1. The minimum atomic E-state index is -1.65. The van der Waals surface area contributed by atoms with Crippen molar-refractivity contribution in [2.75, 3.05) is 0 Å². The first-order chi connectivity index (χ1) is 8.49. The largest absolute Gasteiger partial charge is 0.252 e. The van der Waals surface area contributed by atoms with Gasteiger partial charge in [-0.15, -0.1) is 0 Å². The van der Waals surface area contributed by atoms with Gasteiger partial charge in [0, 0.05) is 4.90 Å². The van der Waals surface area contributed by atoms with Gasteiger partial charge in [-0.25, -0.2) is 8.78 Å². The summed E-state index contributed by atoms with van der Waals surface area (Å²) in [4.78, 5) is 2.24. The predicted molar refractivity (Wildman–Crippen MR) is 59.4 cm³/mol. The molecule has 1 aromatic heterocycles. The predicted octanol–water partition coefficient (Wildman–Crippen LogP) is 4.10. The summed E-state index contributed by atoms with van der Waals surface area (Å²) in [6, 6.07) is 6.67. The maximum Gasteiger partial charge on any atom is 0.252 e. The van der Waals surface area contributed by atoms with E-state index in [2.05, 4.69) is 4.98 Å². The lowest BCUT2D eigenvalue weighted by Crippen LogP contribution is -2.01. The van der Waals surface area contributed by atoms with E-state index < -0.39 is 28.4 Å². The summed E-state index contributed by atoms with van der Waals surface area (Å²) in [6.07, 6.45) is 0. The summed E-state index contributed by atoms with van der Waals surface area (Å²) in [5.74, 6) is -6.27. The van der Waals surface area contributed by atoms with E-state index in [9.17, 15) is 17.6 Å². The molecule has 1 nitrogen and oxygen atoms in total. The summed E-state index contributed by atoms with van der Waals surface area (Å²) in [5.41, 5.74) is 0.965. The van der Waals surface area contributed by atoms with Crippen molar-refractivity contribution in [3.63, 3.8) is 0 Å². The highest BCUT2D eigenvalue weighted by Gasteiger charge is 2.21. The zero-order chi connectivity index (χ0) is 13.3. The number of hydrogen-bond donors (Lipinski definition) is 0. The van der Waals surface area contributed by atoms with Crippen molar-refractivity contribution in [2.45, 2.75) is 16.7 Å². The van der Waals surface area contributed by atoms with Crippen LogP contribution >= 0.6 is 11.8 Å². The highest BCUT2D eigenvalue weighted by Crippen LogP contribution is 2.33. The lowest BCUT2D eigenvalue weighted by Gasteiger charge is -2.06. The Kier molecular flexibility index (Phi) is 3.56. The highest BCUT2D eigenvalue weighted by molar-refractivity contribution is 7.99. The molecule has 1 heterocycles. The smallest absolute Gasteiger partial charge is 0.201 e. The van der Waals surface area contributed by atoms with Gasteiger partial charge in [0.25, 0.3) is 11.9 Å². The number of hydrogen-bond acceptors (Lipinski definition) is 2. The first kappa shape index (κ1) is 12.9. The fraction of sp³-hybridized carbons (Fsp3) is 0.0833. The summed E-state index contributed by atoms with van der Waals surface area (Å²) in [6.45, 7) is 1.85. The van der Waals surface area contributed by atoms with E-state index in [-0.39, 0.29) is 0 Å². The Balaban J connectivity index is 2.42. The third kappa shape index (κ3) is 2.48. The molecular formula is C12H7F4NS. The fourth-order valence-corrected chi connectivity index (χ4v) is 2.14. The van der Waals surface area contributed by atoms with Gasteiger partial charge in [-0.05, 0) is 19.1 Å². The van der Waals surface area contributed by atoms with Crippen molar-refractivity contribution in [3.8, 4) is 0 Å². The molecule has 0 aliphatic heterocycles. The standard InChI is InChI=1S/C12H7F4NS/c1-6-2-4-7(5-3-6)18-10-8(13)11(15)17-12(16)9(10)14/h2-5H,1H3. The second-order valence-corrected chi connectivity index (χ2v) is 4.65. The van der Waals surface area contributed by atoms with Gasteiger partial charge in [-0.3, -0.25) is 0 Å². The molecule has 2 rings (SSSR count). The van der Waals surface area contributed by atoms with Gasteiger partial charge >= 0.3 is 0 Å². The molecule has 0 saturated carbocycles. The Labute approximate surface area is 105 Å². The molecule has 6 heteroatoms. The summed E-state index contributed by atoms with van der Waals surface area (Å²) in [5, 5.41) is 0. The third-order valence-corrected chi connectivity index (χ3v) is 3.27. The van der Waals surface area contributed by atoms with Crippen molar-refractivity contribution >= 4 is 11.8 Å². The van der Waals surface area contributed by atoms with Gasteiger partial charge in [-0.1, -0.05) is 29.5 Å². The van der Waals surface area contributed by atoms with E-state index >= 15 is 0 Å². The van der Waals surface area contributed by atoms with Crippen molar-refractivity contribution in [1.82, 2.24) is 4.98 Å². The average molecular weight is 273 g/mol. The number of halogens is 4. The molecule has 0 aliphatic rings. The summed E-state index contributed by atoms with van der Waals surface area (Å²) < 4.78 is 52.4. The molecule has 0 radical (unpaired) electrons. The molecule has 0 unspecified atom stereocenters. The monoisotopic (exact) mass is 273 g/mol. The van der Waals surface area contributed by atoms with Crippen LogP contribution in [0.1, 0.15) is 5.56 Å². The molecule has 0 bridgehead atoms. The van der Waals surface area contributed by atoms with Crippen LogP contribution in [0.5, 0.6) is 0 Å². The number of aryl methyl sites for hydroxylation is 1. The number of nitrogens with zero attached hydrogens (tertiary/aromatic N) is 1. The van der Waals surface area contributed by atoms with Crippen molar-refractivity contribution in [3.05, 3.63) is 53.4 Å². The van der Waals surface area contributed by atoms with Crippen LogP contribution in [0.15, 0.2) is 34.1 Å².